The van der Waals surface area contributed by atoms with Crippen molar-refractivity contribution in [1.29, 1.82) is 0 Å². The zero-order valence-corrected chi connectivity index (χ0v) is 30.0. The fourth-order valence-electron chi connectivity index (χ4n) is 12.1. The number of nitrogens with one attached hydrogen (secondary N) is 8. The molecule has 20 atom stereocenters. The Balaban J connectivity index is 0.00000300. The molecule has 16 N–H and O–H groups in total. The van der Waals surface area contributed by atoms with Crippen molar-refractivity contribution in [3.8, 4) is 0 Å². The number of rotatable bonds is 0. The van der Waals surface area contributed by atoms with Crippen molar-refractivity contribution in [3.05, 3.63) is 0 Å². The van der Waals surface area contributed by atoms with Crippen LogP contribution in [-0.2, 0) is 19.5 Å². The number of nitrogens with two attached hydrogens (primary N) is 4. The van der Waals surface area contributed by atoms with Gasteiger partial charge < -0.3 is 22.9 Å². The summed E-state index contributed by atoms with van der Waals surface area (Å²) >= 11 is 0. The van der Waals surface area contributed by atoms with E-state index in [4.69, 9.17) is 22.9 Å². The zero-order valence-electron chi connectivity index (χ0n) is 27.0. The zero-order chi connectivity index (χ0) is 29.7. The number of hydrogen-bond acceptors (Lipinski definition) is 12. The first kappa shape index (κ1) is 32.4. The van der Waals surface area contributed by atoms with Crippen molar-refractivity contribution in [3.63, 3.8) is 0 Å². The summed E-state index contributed by atoms with van der Waals surface area (Å²) in [5.41, 5.74) is 26.5. The van der Waals surface area contributed by atoms with Gasteiger partial charge in [-0.2, -0.15) is 0 Å². The van der Waals surface area contributed by atoms with Crippen molar-refractivity contribution in [2.45, 2.75) is 151 Å². The maximum Gasteiger partial charge on any atom is 0.0629 e. The predicted molar refractivity (Wildman–Crippen MR) is 171 cm³/mol. The number of hydrogen-bond donors (Lipinski definition) is 12. The topological polar surface area (TPSA) is 200 Å². The maximum absolute atomic E-state index is 6.63. The number of fused-ring (bicyclic) bond motifs is 20. The van der Waals surface area contributed by atoms with Gasteiger partial charge >= 0.3 is 0 Å². The normalized spacial score (nSPS) is 58.9. The Hall–Kier alpha value is 0.143. The second-order valence-electron chi connectivity index (χ2n) is 16.8. The van der Waals surface area contributed by atoms with Gasteiger partial charge in [-0.15, -0.1) is 0 Å². The molecular formula is C32H60N12Zn. The molecule has 20 unspecified atom stereocenters. The van der Waals surface area contributed by atoms with E-state index in [0.717, 1.165) is 51.4 Å². The van der Waals surface area contributed by atoms with E-state index in [0.29, 0.717) is 53.4 Å². The molecule has 5 saturated heterocycles. The van der Waals surface area contributed by atoms with Crippen LogP contribution in [0.15, 0.2) is 0 Å². The van der Waals surface area contributed by atoms with Crippen molar-refractivity contribution in [1.82, 2.24) is 42.5 Å². The molecule has 9 aliphatic rings. The van der Waals surface area contributed by atoms with Gasteiger partial charge in [-0.25, -0.2) is 0 Å². The predicted octanol–water partition coefficient (Wildman–Crippen LogP) is -1.65. The minimum Gasteiger partial charge on any atom is -0.328 e. The molecule has 12 nitrogen and oxygen atoms in total. The van der Waals surface area contributed by atoms with E-state index < -0.39 is 0 Å². The monoisotopic (exact) mass is 676 g/mol. The Morgan fingerprint density at radius 3 is 0.644 bits per heavy atom. The summed E-state index contributed by atoms with van der Waals surface area (Å²) in [6.07, 6.45) is 15.5. The molecule has 5 heterocycles. The van der Waals surface area contributed by atoms with Crippen LogP contribution in [-0.4, -0.2) is 73.5 Å². The van der Waals surface area contributed by atoms with Crippen molar-refractivity contribution in [2.75, 3.05) is 0 Å². The van der Waals surface area contributed by atoms with Gasteiger partial charge in [-0.1, -0.05) is 0 Å². The van der Waals surface area contributed by atoms with Crippen molar-refractivity contribution < 1.29 is 19.5 Å². The van der Waals surface area contributed by atoms with Crippen LogP contribution in [0.3, 0.4) is 0 Å². The average Bonchev–Trinajstić information content (AvgIpc) is 3.71. The van der Waals surface area contributed by atoms with Crippen LogP contribution >= 0.6 is 0 Å². The van der Waals surface area contributed by atoms with E-state index in [2.05, 4.69) is 42.5 Å². The molecule has 0 spiro atoms. The van der Waals surface area contributed by atoms with Gasteiger partial charge in [-0.05, 0) is 124 Å². The minimum atomic E-state index is 0. The van der Waals surface area contributed by atoms with Crippen LogP contribution in [0.25, 0.3) is 0 Å². The summed E-state index contributed by atoms with van der Waals surface area (Å²) in [4.78, 5) is 0. The molecule has 0 aromatic rings. The Labute approximate surface area is 282 Å². The van der Waals surface area contributed by atoms with Gasteiger partial charge in [-0.3, -0.25) is 42.5 Å². The van der Waals surface area contributed by atoms with Crippen LogP contribution in [0.2, 0.25) is 0 Å². The third-order valence-corrected chi connectivity index (χ3v) is 14.3. The molecule has 0 aromatic carbocycles. The molecule has 45 heavy (non-hydrogen) atoms. The molecule has 5 aliphatic heterocycles. The van der Waals surface area contributed by atoms with E-state index >= 15 is 0 Å². The molecule has 13 heteroatoms. The van der Waals surface area contributed by atoms with Gasteiger partial charge in [0.1, 0.15) is 0 Å². The molecule has 0 aromatic heterocycles. The summed E-state index contributed by atoms with van der Waals surface area (Å²) < 4.78 is 0. The van der Waals surface area contributed by atoms with Crippen molar-refractivity contribution >= 4 is 0 Å². The summed E-state index contributed by atoms with van der Waals surface area (Å²) in [7, 11) is 0. The quantitative estimate of drug-likeness (QED) is 0.131. The standard InChI is InChI=1S/C32H60N12.Zn/c33-13-1-5-17-21(9-13)29-38-25(17)37-26-18-6-2-15(35)11-23(18)31(39-26)44-32-24-12-16(36)4-8-20(24)28(43-32)42-30-22-10-14(34)3-7-19(22)27(40-29)41-30;/h13-32,37-44H,1-12,33-36H2;. The van der Waals surface area contributed by atoms with Crippen molar-refractivity contribution in [2.24, 2.45) is 70.3 Å². The molecular weight excluding hydrogens is 618 g/mol. The first-order valence-corrected chi connectivity index (χ1v) is 18.5. The van der Waals surface area contributed by atoms with Crippen LogP contribution in [0.4, 0.5) is 0 Å². The second-order valence-corrected chi connectivity index (χ2v) is 16.8. The van der Waals surface area contributed by atoms with Crippen LogP contribution in [0.1, 0.15) is 77.0 Å². The molecule has 250 valence electrons. The van der Waals surface area contributed by atoms with E-state index in [1.54, 1.807) is 0 Å². The van der Waals surface area contributed by atoms with Crippen LogP contribution < -0.4 is 65.5 Å². The second kappa shape index (κ2) is 12.8. The smallest absolute Gasteiger partial charge is 0.0629 e. The summed E-state index contributed by atoms with van der Waals surface area (Å²) in [6.45, 7) is 0. The summed E-state index contributed by atoms with van der Waals surface area (Å²) in [5.74, 6) is 4.37. The molecule has 9 fully saturated rings. The molecule has 0 amide bonds. The largest absolute Gasteiger partial charge is 0.328 e. The first-order valence-electron chi connectivity index (χ1n) is 18.5. The van der Waals surface area contributed by atoms with Gasteiger partial charge in [0.15, 0.2) is 0 Å². The fourth-order valence-corrected chi connectivity index (χ4v) is 12.1. The van der Waals surface area contributed by atoms with E-state index in [1.165, 1.54) is 25.7 Å². The van der Waals surface area contributed by atoms with E-state index in [9.17, 15) is 0 Å². The molecule has 0 radical (unpaired) electrons. The third kappa shape index (κ3) is 5.81. The van der Waals surface area contributed by atoms with E-state index in [1.807, 2.05) is 0 Å². The molecule has 9 rings (SSSR count). The van der Waals surface area contributed by atoms with Gasteiger partial charge in [0.25, 0.3) is 0 Å². The van der Waals surface area contributed by atoms with Crippen LogP contribution in [0, 0.1) is 47.3 Å². The molecule has 4 saturated carbocycles. The van der Waals surface area contributed by atoms with E-state index in [-0.39, 0.29) is 86.9 Å². The summed E-state index contributed by atoms with van der Waals surface area (Å²) in [6, 6.07) is 1.16. The minimum absolute atomic E-state index is 0. The first-order chi connectivity index (χ1) is 21.4. The Morgan fingerprint density at radius 1 is 0.267 bits per heavy atom. The molecule has 4 aliphatic carbocycles. The van der Waals surface area contributed by atoms with Gasteiger partial charge in [0, 0.05) is 43.6 Å². The van der Waals surface area contributed by atoms with Gasteiger partial charge in [0.05, 0.1) is 49.3 Å². The Morgan fingerprint density at radius 2 is 0.444 bits per heavy atom. The van der Waals surface area contributed by atoms with Gasteiger partial charge in [0.2, 0.25) is 0 Å². The Bertz CT molecular complexity index is 1060. The third-order valence-electron chi connectivity index (χ3n) is 14.3. The summed E-state index contributed by atoms with van der Waals surface area (Å²) in [5, 5.41) is 33.1. The fraction of sp³-hybridized carbons (Fsp3) is 1.00. The van der Waals surface area contributed by atoms with Crippen LogP contribution in [0.5, 0.6) is 0 Å². The average molecular weight is 678 g/mol. The Kier molecular flexibility index (Phi) is 9.20. The maximum atomic E-state index is 6.63. The molecule has 8 bridgehead atoms. The SMILES string of the molecule is NC1CCC2C3NC4NC(NC5NC(NC6NC(NC(N3)C2C1)C1CCC(N)CC61)C1CCC(N)CC51)C1CC(N)CCC41.[Zn].